The average molecular weight is 578 g/mol. The highest BCUT2D eigenvalue weighted by Gasteiger charge is 2.65. The third-order valence-electron chi connectivity index (χ3n) is 13.0. The molecule has 0 heterocycles. The van der Waals surface area contributed by atoms with Crippen LogP contribution in [0.3, 0.4) is 0 Å². The van der Waals surface area contributed by atoms with Crippen molar-refractivity contribution >= 4 is 5.97 Å². The molecule has 4 aliphatic carbocycles. The smallest absolute Gasteiger partial charge is 0.306 e. The fraction of sp³-hybridized carbons (Fsp3) is 0.971. The minimum atomic E-state index is -0.704. The number of aliphatic hydroxyl groups excluding tert-OH is 2. The Kier molecular flexibility index (Phi) is 11.6. The molecule has 4 fully saturated rings. The molecule has 41 heavy (non-hydrogen) atoms. The Bertz CT molecular complexity index is 843. The Labute approximate surface area is 250 Å². The van der Waals surface area contributed by atoms with Gasteiger partial charge >= 0.3 is 5.97 Å². The standard InChI is InChI=1S/C34H63N3O4/c1-22(9-7-10-23(2)32(40)41)26-11-12-27-31-28(21-30(39)34(26,27)4)33(3)14-13-25(19-24(33)20-29(31)38)37-18-8-17-36-16-6-5-15-35/h22-31,36-39H,5-21,35H2,1-4H3,(H,40,41)/t22-,23?,24+,25-,26-,27?,28?,29-,30?,31?,33+,34-/m1/s1. The largest absolute Gasteiger partial charge is 0.481 e. The summed E-state index contributed by atoms with van der Waals surface area (Å²) >= 11 is 0. The number of nitrogens with two attached hydrogens (primary N) is 1. The van der Waals surface area contributed by atoms with Crippen molar-refractivity contribution in [2.75, 3.05) is 26.2 Å². The molecule has 0 aromatic carbocycles. The van der Waals surface area contributed by atoms with E-state index < -0.39 is 5.97 Å². The van der Waals surface area contributed by atoms with Crippen LogP contribution in [0.1, 0.15) is 111 Å². The SMILES string of the molecule is CC(CCC[C@@H](C)[C@H]1CCC2C3C(CC(O)[C@@]21C)[C@@]1(C)CC[C@@H](NCCCNCCCCN)C[C@H]1C[C@H]3O)C(=O)O. The molecule has 7 N–H and O–H groups in total. The van der Waals surface area contributed by atoms with Crippen LogP contribution in [0, 0.1) is 52.3 Å². The molecule has 0 saturated heterocycles. The molecule has 7 nitrogen and oxygen atoms in total. The lowest BCUT2D eigenvalue weighted by Gasteiger charge is -2.63. The summed E-state index contributed by atoms with van der Waals surface area (Å²) in [7, 11) is 0. The maximum absolute atomic E-state index is 11.9. The van der Waals surface area contributed by atoms with Crippen LogP contribution in [0.2, 0.25) is 0 Å². The maximum Gasteiger partial charge on any atom is 0.306 e. The molecular formula is C34H63N3O4. The monoisotopic (exact) mass is 577 g/mol. The van der Waals surface area contributed by atoms with Gasteiger partial charge in [0, 0.05) is 6.04 Å². The summed E-state index contributed by atoms with van der Waals surface area (Å²) in [6.45, 7) is 12.9. The van der Waals surface area contributed by atoms with Crippen LogP contribution in [0.5, 0.6) is 0 Å². The zero-order valence-electron chi connectivity index (χ0n) is 26.6. The van der Waals surface area contributed by atoms with Gasteiger partial charge in [0.05, 0.1) is 18.1 Å². The second-order valence-corrected chi connectivity index (χ2v) is 15.3. The lowest BCUT2D eigenvalue weighted by atomic mass is 9.43. The summed E-state index contributed by atoms with van der Waals surface area (Å²) in [5.41, 5.74) is 5.62. The van der Waals surface area contributed by atoms with E-state index in [1.807, 2.05) is 0 Å². The van der Waals surface area contributed by atoms with Gasteiger partial charge in [-0.25, -0.2) is 0 Å². The second kappa shape index (κ2) is 14.4. The third-order valence-corrected chi connectivity index (χ3v) is 13.0. The number of carboxylic acid groups (broad SMARTS) is 1. The number of hydrogen-bond acceptors (Lipinski definition) is 6. The molecule has 0 aromatic heterocycles. The highest BCUT2D eigenvalue weighted by atomic mass is 16.4. The maximum atomic E-state index is 11.9. The minimum absolute atomic E-state index is 0.152. The highest BCUT2D eigenvalue weighted by molar-refractivity contribution is 5.69. The number of nitrogens with one attached hydrogen (secondary N) is 2. The van der Waals surface area contributed by atoms with E-state index >= 15 is 0 Å². The summed E-state index contributed by atoms with van der Waals surface area (Å²) < 4.78 is 0. The molecule has 0 bridgehead atoms. The van der Waals surface area contributed by atoms with Gasteiger partial charge in [0.1, 0.15) is 0 Å². The number of unbranched alkanes of at least 4 members (excludes halogenated alkanes) is 1. The number of fused-ring (bicyclic) bond motifs is 5. The number of rotatable bonds is 15. The predicted octanol–water partition coefficient (Wildman–Crippen LogP) is 4.79. The van der Waals surface area contributed by atoms with E-state index in [1.165, 1.54) is 12.8 Å². The first-order valence-corrected chi connectivity index (χ1v) is 17.3. The van der Waals surface area contributed by atoms with Crippen molar-refractivity contribution in [1.29, 1.82) is 0 Å². The molecule has 12 atom stereocenters. The minimum Gasteiger partial charge on any atom is -0.481 e. The van der Waals surface area contributed by atoms with E-state index in [-0.39, 0.29) is 29.0 Å². The number of aliphatic hydroxyl groups is 2. The molecular weight excluding hydrogens is 514 g/mol. The first-order chi connectivity index (χ1) is 19.5. The van der Waals surface area contributed by atoms with Crippen molar-refractivity contribution in [3.8, 4) is 0 Å². The first-order valence-electron chi connectivity index (χ1n) is 17.3. The number of hydrogen-bond donors (Lipinski definition) is 6. The third kappa shape index (κ3) is 7.00. The number of carbonyl (C=O) groups is 1. The molecule has 0 radical (unpaired) electrons. The van der Waals surface area contributed by atoms with Gasteiger partial charge in [0.2, 0.25) is 0 Å². The van der Waals surface area contributed by atoms with Crippen LogP contribution >= 0.6 is 0 Å². The summed E-state index contributed by atoms with van der Waals surface area (Å²) in [5.74, 6) is 1.49. The molecule has 4 rings (SSSR count). The van der Waals surface area contributed by atoms with E-state index in [9.17, 15) is 20.1 Å². The summed E-state index contributed by atoms with van der Waals surface area (Å²) in [6.07, 6.45) is 13.0. The highest BCUT2D eigenvalue weighted by Crippen LogP contribution is 2.68. The van der Waals surface area contributed by atoms with Crippen LogP contribution < -0.4 is 16.4 Å². The van der Waals surface area contributed by atoms with Crippen molar-refractivity contribution in [3.63, 3.8) is 0 Å². The summed E-state index contributed by atoms with van der Waals surface area (Å²) in [5, 5.41) is 40.2. The molecule has 4 aliphatic rings. The lowest BCUT2D eigenvalue weighted by molar-refractivity contribution is -0.202. The Morgan fingerprint density at radius 3 is 2.41 bits per heavy atom. The normalized spacial score (nSPS) is 41.7. The van der Waals surface area contributed by atoms with Crippen LogP contribution in [-0.4, -0.2) is 65.7 Å². The Balaban J connectivity index is 1.33. The second-order valence-electron chi connectivity index (χ2n) is 15.3. The Morgan fingerprint density at radius 1 is 0.927 bits per heavy atom. The van der Waals surface area contributed by atoms with Crippen molar-refractivity contribution in [2.24, 2.45) is 58.0 Å². The van der Waals surface area contributed by atoms with Gasteiger partial charge in [-0.05, 0) is 143 Å². The fourth-order valence-electron chi connectivity index (χ4n) is 10.4. The molecule has 0 aromatic rings. The van der Waals surface area contributed by atoms with Crippen molar-refractivity contribution in [2.45, 2.75) is 129 Å². The van der Waals surface area contributed by atoms with Gasteiger partial charge in [-0.1, -0.05) is 40.5 Å². The molecule has 4 saturated carbocycles. The van der Waals surface area contributed by atoms with Crippen molar-refractivity contribution in [1.82, 2.24) is 10.6 Å². The van der Waals surface area contributed by atoms with Gasteiger partial charge < -0.3 is 31.7 Å². The van der Waals surface area contributed by atoms with E-state index in [1.54, 1.807) is 6.92 Å². The summed E-state index contributed by atoms with van der Waals surface area (Å²) in [6, 6.07) is 0.536. The zero-order chi connectivity index (χ0) is 29.8. The number of aliphatic carboxylic acids is 1. The van der Waals surface area contributed by atoms with Crippen LogP contribution in [-0.2, 0) is 4.79 Å². The van der Waals surface area contributed by atoms with Crippen LogP contribution in [0.25, 0.3) is 0 Å². The Hall–Kier alpha value is -0.730. The predicted molar refractivity (Wildman–Crippen MR) is 165 cm³/mol. The molecule has 238 valence electrons. The molecule has 5 unspecified atom stereocenters. The number of carboxylic acids is 1. The molecule has 7 heteroatoms. The quantitative estimate of drug-likeness (QED) is 0.154. The zero-order valence-corrected chi connectivity index (χ0v) is 26.6. The first kappa shape index (κ1) is 33.2. The fourth-order valence-corrected chi connectivity index (χ4v) is 10.4. The summed E-state index contributed by atoms with van der Waals surface area (Å²) in [4.78, 5) is 11.3. The van der Waals surface area contributed by atoms with E-state index in [2.05, 4.69) is 31.4 Å². The van der Waals surface area contributed by atoms with E-state index in [0.717, 1.165) is 96.8 Å². The van der Waals surface area contributed by atoms with E-state index in [4.69, 9.17) is 5.73 Å². The van der Waals surface area contributed by atoms with Gasteiger partial charge in [0.25, 0.3) is 0 Å². The lowest BCUT2D eigenvalue weighted by Crippen LogP contribution is -2.62. The molecule has 0 amide bonds. The molecule has 0 spiro atoms. The van der Waals surface area contributed by atoms with Crippen LogP contribution in [0.15, 0.2) is 0 Å². The van der Waals surface area contributed by atoms with Gasteiger partial charge in [-0.2, -0.15) is 0 Å². The molecule has 0 aliphatic heterocycles. The van der Waals surface area contributed by atoms with Crippen LogP contribution in [0.4, 0.5) is 0 Å². The average Bonchev–Trinajstić information content (AvgIpc) is 3.29. The van der Waals surface area contributed by atoms with Gasteiger partial charge in [-0.15, -0.1) is 0 Å². The van der Waals surface area contributed by atoms with Crippen molar-refractivity contribution in [3.05, 3.63) is 0 Å². The van der Waals surface area contributed by atoms with Gasteiger partial charge in [0.15, 0.2) is 0 Å². The van der Waals surface area contributed by atoms with E-state index in [0.29, 0.717) is 41.5 Å². The van der Waals surface area contributed by atoms with Gasteiger partial charge in [-0.3, -0.25) is 4.79 Å². The topological polar surface area (TPSA) is 128 Å². The van der Waals surface area contributed by atoms with Crippen molar-refractivity contribution < 1.29 is 20.1 Å². The Morgan fingerprint density at radius 2 is 1.68 bits per heavy atom.